The SMILES string of the molecule is Cc1cc(C2NC(C)CC(C)C2C(N)=O)ccc1F. The fourth-order valence-electron chi connectivity index (χ4n) is 3.12. The third-order valence-electron chi connectivity index (χ3n) is 4.03. The van der Waals surface area contributed by atoms with Crippen molar-refractivity contribution in [2.45, 2.75) is 39.3 Å². The van der Waals surface area contributed by atoms with E-state index in [0.717, 1.165) is 12.0 Å². The van der Waals surface area contributed by atoms with E-state index in [1.54, 1.807) is 19.1 Å². The number of rotatable bonds is 2. The van der Waals surface area contributed by atoms with Gasteiger partial charge in [-0.25, -0.2) is 4.39 Å². The summed E-state index contributed by atoms with van der Waals surface area (Å²) in [5.41, 5.74) is 7.07. The van der Waals surface area contributed by atoms with Gasteiger partial charge >= 0.3 is 0 Å². The molecule has 0 spiro atoms. The zero-order chi connectivity index (χ0) is 14.2. The van der Waals surface area contributed by atoms with Crippen molar-refractivity contribution in [2.24, 2.45) is 17.6 Å². The van der Waals surface area contributed by atoms with Gasteiger partial charge < -0.3 is 11.1 Å². The zero-order valence-electron chi connectivity index (χ0n) is 11.6. The monoisotopic (exact) mass is 264 g/mol. The topological polar surface area (TPSA) is 55.1 Å². The number of nitrogens with two attached hydrogens (primary N) is 1. The summed E-state index contributed by atoms with van der Waals surface area (Å²) < 4.78 is 13.4. The van der Waals surface area contributed by atoms with E-state index in [4.69, 9.17) is 5.73 Å². The van der Waals surface area contributed by atoms with E-state index >= 15 is 0 Å². The lowest BCUT2D eigenvalue weighted by Crippen LogP contribution is -2.49. The van der Waals surface area contributed by atoms with Crippen LogP contribution in [0.25, 0.3) is 0 Å². The number of hydrogen-bond acceptors (Lipinski definition) is 2. The predicted molar refractivity (Wildman–Crippen MR) is 72.9 cm³/mol. The molecular weight excluding hydrogens is 243 g/mol. The second kappa shape index (κ2) is 5.29. The maximum absolute atomic E-state index is 13.4. The smallest absolute Gasteiger partial charge is 0.222 e. The number of hydrogen-bond donors (Lipinski definition) is 2. The Hall–Kier alpha value is -1.42. The fourth-order valence-corrected chi connectivity index (χ4v) is 3.12. The van der Waals surface area contributed by atoms with Crippen molar-refractivity contribution in [1.29, 1.82) is 0 Å². The lowest BCUT2D eigenvalue weighted by Gasteiger charge is -2.39. The van der Waals surface area contributed by atoms with Crippen LogP contribution >= 0.6 is 0 Å². The average molecular weight is 264 g/mol. The molecule has 4 heteroatoms. The van der Waals surface area contributed by atoms with E-state index in [1.165, 1.54) is 6.07 Å². The molecule has 1 amide bonds. The first-order valence-corrected chi connectivity index (χ1v) is 6.71. The number of primary amides is 1. The highest BCUT2D eigenvalue weighted by Crippen LogP contribution is 2.35. The molecule has 1 aliphatic heterocycles. The number of piperidine rings is 1. The van der Waals surface area contributed by atoms with Crippen LogP contribution in [-0.2, 0) is 4.79 Å². The molecule has 4 unspecified atom stereocenters. The van der Waals surface area contributed by atoms with Crippen molar-refractivity contribution in [3.8, 4) is 0 Å². The van der Waals surface area contributed by atoms with Gasteiger partial charge in [0.2, 0.25) is 5.91 Å². The summed E-state index contributed by atoms with van der Waals surface area (Å²) in [5.74, 6) is -0.541. The molecule has 4 atom stereocenters. The van der Waals surface area contributed by atoms with Crippen molar-refractivity contribution in [3.63, 3.8) is 0 Å². The number of benzene rings is 1. The predicted octanol–water partition coefficient (Wildman–Crippen LogP) is 2.29. The van der Waals surface area contributed by atoms with Crippen LogP contribution in [0.15, 0.2) is 18.2 Å². The van der Waals surface area contributed by atoms with Crippen LogP contribution in [0.4, 0.5) is 4.39 Å². The van der Waals surface area contributed by atoms with Gasteiger partial charge in [-0.3, -0.25) is 4.79 Å². The molecule has 1 saturated heterocycles. The van der Waals surface area contributed by atoms with Gasteiger partial charge in [0.05, 0.1) is 5.92 Å². The van der Waals surface area contributed by atoms with E-state index in [2.05, 4.69) is 19.2 Å². The van der Waals surface area contributed by atoms with Gasteiger partial charge in [0.1, 0.15) is 5.82 Å². The highest BCUT2D eigenvalue weighted by molar-refractivity contribution is 5.78. The molecule has 1 aromatic carbocycles. The maximum Gasteiger partial charge on any atom is 0.222 e. The van der Waals surface area contributed by atoms with Crippen LogP contribution in [-0.4, -0.2) is 11.9 Å². The molecule has 1 heterocycles. The van der Waals surface area contributed by atoms with Crippen molar-refractivity contribution in [1.82, 2.24) is 5.32 Å². The Bertz CT molecular complexity index is 489. The van der Waals surface area contributed by atoms with Crippen LogP contribution in [0.5, 0.6) is 0 Å². The molecule has 1 aliphatic rings. The minimum absolute atomic E-state index is 0.129. The van der Waals surface area contributed by atoms with E-state index in [9.17, 15) is 9.18 Å². The minimum atomic E-state index is -0.293. The summed E-state index contributed by atoms with van der Waals surface area (Å²) in [5, 5.41) is 3.42. The largest absolute Gasteiger partial charge is 0.369 e. The molecule has 19 heavy (non-hydrogen) atoms. The number of halogens is 1. The number of nitrogens with one attached hydrogen (secondary N) is 1. The van der Waals surface area contributed by atoms with Crippen LogP contribution in [0.3, 0.4) is 0 Å². The van der Waals surface area contributed by atoms with Crippen molar-refractivity contribution in [2.75, 3.05) is 0 Å². The third-order valence-corrected chi connectivity index (χ3v) is 4.03. The third kappa shape index (κ3) is 2.78. The Morgan fingerprint density at radius 3 is 2.68 bits per heavy atom. The maximum atomic E-state index is 13.4. The standard InChI is InChI=1S/C15H21FN2O/c1-8-7-11(4-5-12(8)16)14-13(15(17)19)9(2)6-10(3)18-14/h4-5,7,9-10,13-14,18H,6H2,1-3H3,(H2,17,19). The van der Waals surface area contributed by atoms with Crippen molar-refractivity contribution < 1.29 is 9.18 Å². The van der Waals surface area contributed by atoms with Crippen molar-refractivity contribution in [3.05, 3.63) is 35.1 Å². The quantitative estimate of drug-likeness (QED) is 0.861. The van der Waals surface area contributed by atoms with Crippen LogP contribution in [0.1, 0.15) is 37.4 Å². The Morgan fingerprint density at radius 2 is 2.11 bits per heavy atom. The summed E-state index contributed by atoms with van der Waals surface area (Å²) in [7, 11) is 0. The molecule has 1 fully saturated rings. The highest BCUT2D eigenvalue weighted by Gasteiger charge is 2.38. The summed E-state index contributed by atoms with van der Waals surface area (Å²) in [6.45, 7) is 5.88. The lowest BCUT2D eigenvalue weighted by atomic mass is 9.76. The first kappa shape index (κ1) is 14.0. The summed E-state index contributed by atoms with van der Waals surface area (Å²) in [6.07, 6.45) is 0.921. The number of amides is 1. The molecule has 0 aromatic heterocycles. The second-order valence-electron chi connectivity index (χ2n) is 5.70. The van der Waals surface area contributed by atoms with Gasteiger partial charge in [0, 0.05) is 12.1 Å². The van der Waals surface area contributed by atoms with Gasteiger partial charge in [-0.1, -0.05) is 19.1 Å². The van der Waals surface area contributed by atoms with Crippen LogP contribution in [0.2, 0.25) is 0 Å². The molecule has 0 aliphatic carbocycles. The van der Waals surface area contributed by atoms with Crippen LogP contribution in [0, 0.1) is 24.6 Å². The zero-order valence-corrected chi connectivity index (χ0v) is 11.6. The molecule has 0 radical (unpaired) electrons. The van der Waals surface area contributed by atoms with Crippen molar-refractivity contribution >= 4 is 5.91 Å². The van der Waals surface area contributed by atoms with E-state index < -0.39 is 0 Å². The fraction of sp³-hybridized carbons (Fsp3) is 0.533. The minimum Gasteiger partial charge on any atom is -0.369 e. The molecular formula is C15H21FN2O. The summed E-state index contributed by atoms with van der Waals surface area (Å²) in [4.78, 5) is 11.7. The Kier molecular flexibility index (Phi) is 3.90. The molecule has 0 saturated carbocycles. The molecule has 2 rings (SSSR count). The average Bonchev–Trinajstić information content (AvgIpc) is 2.31. The van der Waals surface area contributed by atoms with Gasteiger partial charge in [-0.2, -0.15) is 0 Å². The second-order valence-corrected chi connectivity index (χ2v) is 5.70. The van der Waals surface area contributed by atoms with Gasteiger partial charge in [0.15, 0.2) is 0 Å². The molecule has 1 aromatic rings. The number of carbonyl (C=O) groups is 1. The van der Waals surface area contributed by atoms with Crippen LogP contribution < -0.4 is 11.1 Å². The van der Waals surface area contributed by atoms with E-state index in [0.29, 0.717) is 11.6 Å². The summed E-state index contributed by atoms with van der Waals surface area (Å²) in [6, 6.07) is 5.18. The normalized spacial score (nSPS) is 31.2. The van der Waals surface area contributed by atoms with E-state index in [-0.39, 0.29) is 29.6 Å². The Labute approximate surface area is 113 Å². The first-order chi connectivity index (χ1) is 8.90. The Morgan fingerprint density at radius 1 is 1.42 bits per heavy atom. The number of carbonyl (C=O) groups excluding carboxylic acids is 1. The lowest BCUT2D eigenvalue weighted by molar-refractivity contribution is -0.125. The molecule has 3 N–H and O–H groups in total. The Balaban J connectivity index is 2.37. The number of aryl methyl sites for hydroxylation is 1. The van der Waals surface area contributed by atoms with Gasteiger partial charge in [0.25, 0.3) is 0 Å². The molecule has 0 bridgehead atoms. The van der Waals surface area contributed by atoms with Gasteiger partial charge in [-0.15, -0.1) is 0 Å². The first-order valence-electron chi connectivity index (χ1n) is 6.71. The highest BCUT2D eigenvalue weighted by atomic mass is 19.1. The van der Waals surface area contributed by atoms with E-state index in [1.807, 2.05) is 0 Å². The summed E-state index contributed by atoms with van der Waals surface area (Å²) >= 11 is 0. The molecule has 104 valence electrons. The van der Waals surface area contributed by atoms with Gasteiger partial charge in [-0.05, 0) is 43.4 Å². The molecule has 3 nitrogen and oxygen atoms in total.